The zero-order chi connectivity index (χ0) is 14.6. The maximum atomic E-state index is 13.1. The van der Waals surface area contributed by atoms with Gasteiger partial charge in [0.1, 0.15) is 0 Å². The van der Waals surface area contributed by atoms with Crippen LogP contribution in [-0.2, 0) is 6.18 Å². The fourth-order valence-corrected chi connectivity index (χ4v) is 2.04. The molecule has 1 unspecified atom stereocenters. The van der Waals surface area contributed by atoms with Crippen LogP contribution in [0.4, 0.5) is 13.2 Å². The van der Waals surface area contributed by atoms with E-state index in [0.29, 0.717) is 12.2 Å². The third-order valence-corrected chi connectivity index (χ3v) is 2.86. The number of rotatable bonds is 4. The molecule has 0 aliphatic heterocycles. The lowest BCUT2D eigenvalue weighted by Gasteiger charge is -2.21. The molecule has 0 saturated heterocycles. The van der Waals surface area contributed by atoms with Gasteiger partial charge in [-0.3, -0.25) is 9.97 Å². The first-order chi connectivity index (χ1) is 9.54. The maximum Gasteiger partial charge on any atom is 0.416 e. The van der Waals surface area contributed by atoms with Crippen LogP contribution in [0.5, 0.6) is 0 Å². The first kappa shape index (κ1) is 14.5. The number of nitrogens with zero attached hydrogens (tertiary/aromatic N) is 2. The van der Waals surface area contributed by atoms with Crippen molar-refractivity contribution in [2.24, 2.45) is 0 Å². The summed E-state index contributed by atoms with van der Waals surface area (Å²) < 4.78 is 39.3. The van der Waals surface area contributed by atoms with Crippen LogP contribution >= 0.6 is 0 Å². The van der Waals surface area contributed by atoms with Crippen molar-refractivity contribution in [3.05, 3.63) is 59.7 Å². The lowest BCUT2D eigenvalue weighted by atomic mass is 9.97. The summed E-state index contributed by atoms with van der Waals surface area (Å²) in [5.41, 5.74) is -0.0370. The van der Waals surface area contributed by atoms with E-state index < -0.39 is 17.8 Å². The molecule has 0 aliphatic rings. The van der Waals surface area contributed by atoms with E-state index in [1.165, 1.54) is 30.7 Å². The first-order valence-electron chi connectivity index (χ1n) is 6.19. The number of benzene rings is 1. The van der Waals surface area contributed by atoms with E-state index in [-0.39, 0.29) is 5.56 Å². The third kappa shape index (κ3) is 3.14. The third-order valence-electron chi connectivity index (χ3n) is 2.86. The highest BCUT2D eigenvalue weighted by Gasteiger charge is 2.35. The van der Waals surface area contributed by atoms with E-state index in [4.69, 9.17) is 0 Å². The van der Waals surface area contributed by atoms with Crippen LogP contribution in [0, 0.1) is 0 Å². The Hall–Kier alpha value is -1.95. The lowest BCUT2D eigenvalue weighted by Crippen LogP contribution is -2.25. The van der Waals surface area contributed by atoms with Gasteiger partial charge in [-0.25, -0.2) is 0 Å². The standard InChI is InChI=1S/C14H14F3N3/c1-2-19-13(12-9-18-7-8-20-12)10-5-3-4-6-11(10)14(15,16)17/h3-9,13,19H,2H2,1H3. The van der Waals surface area contributed by atoms with Gasteiger partial charge in [0.25, 0.3) is 0 Å². The fourth-order valence-electron chi connectivity index (χ4n) is 2.04. The highest BCUT2D eigenvalue weighted by molar-refractivity contribution is 5.36. The minimum absolute atomic E-state index is 0.155. The molecule has 20 heavy (non-hydrogen) atoms. The van der Waals surface area contributed by atoms with Crippen LogP contribution in [0.25, 0.3) is 0 Å². The molecule has 3 nitrogen and oxygen atoms in total. The Morgan fingerprint density at radius 1 is 1.20 bits per heavy atom. The molecule has 1 aromatic carbocycles. The van der Waals surface area contributed by atoms with Crippen LogP contribution in [0.2, 0.25) is 0 Å². The molecule has 0 radical (unpaired) electrons. The van der Waals surface area contributed by atoms with Crippen LogP contribution in [0.1, 0.15) is 29.8 Å². The SMILES string of the molecule is CCNC(c1cnccn1)c1ccccc1C(F)(F)F. The summed E-state index contributed by atoms with van der Waals surface area (Å²) in [5.74, 6) is 0. The Balaban J connectivity index is 2.51. The van der Waals surface area contributed by atoms with Crippen molar-refractivity contribution in [1.82, 2.24) is 15.3 Å². The molecule has 1 atom stereocenters. The summed E-state index contributed by atoms with van der Waals surface area (Å²) in [6.07, 6.45) is 0.0327. The summed E-state index contributed by atoms with van der Waals surface area (Å²) in [6, 6.07) is 4.88. The van der Waals surface area contributed by atoms with E-state index in [0.717, 1.165) is 6.07 Å². The summed E-state index contributed by atoms with van der Waals surface area (Å²) in [5, 5.41) is 3.03. The van der Waals surface area contributed by atoms with Gasteiger partial charge < -0.3 is 5.32 Å². The van der Waals surface area contributed by atoms with Gasteiger partial charge in [-0.2, -0.15) is 13.2 Å². The molecule has 1 heterocycles. The number of alkyl halides is 3. The van der Waals surface area contributed by atoms with Crippen molar-refractivity contribution >= 4 is 0 Å². The summed E-state index contributed by atoms with van der Waals surface area (Å²) in [4.78, 5) is 8.03. The van der Waals surface area contributed by atoms with Gasteiger partial charge in [-0.15, -0.1) is 0 Å². The predicted octanol–water partition coefficient (Wildman–Crippen LogP) is 3.19. The van der Waals surface area contributed by atoms with E-state index in [1.807, 2.05) is 6.92 Å². The van der Waals surface area contributed by atoms with Gasteiger partial charge in [-0.05, 0) is 18.2 Å². The zero-order valence-corrected chi connectivity index (χ0v) is 10.9. The van der Waals surface area contributed by atoms with Crippen LogP contribution in [0.15, 0.2) is 42.9 Å². The molecule has 2 aromatic rings. The second-order valence-electron chi connectivity index (χ2n) is 4.21. The minimum atomic E-state index is -4.40. The van der Waals surface area contributed by atoms with Gasteiger partial charge in [-0.1, -0.05) is 25.1 Å². The van der Waals surface area contributed by atoms with Gasteiger partial charge in [0.2, 0.25) is 0 Å². The first-order valence-corrected chi connectivity index (χ1v) is 6.19. The summed E-state index contributed by atoms with van der Waals surface area (Å²) >= 11 is 0. The Morgan fingerprint density at radius 2 is 1.95 bits per heavy atom. The molecule has 0 amide bonds. The van der Waals surface area contributed by atoms with E-state index in [1.54, 1.807) is 6.07 Å². The van der Waals surface area contributed by atoms with E-state index >= 15 is 0 Å². The van der Waals surface area contributed by atoms with Crippen LogP contribution in [-0.4, -0.2) is 16.5 Å². The van der Waals surface area contributed by atoms with E-state index in [9.17, 15) is 13.2 Å². The van der Waals surface area contributed by atoms with Gasteiger partial charge in [0.15, 0.2) is 0 Å². The Morgan fingerprint density at radius 3 is 2.55 bits per heavy atom. The van der Waals surface area contributed by atoms with Crippen molar-refractivity contribution in [3.8, 4) is 0 Å². The van der Waals surface area contributed by atoms with Crippen molar-refractivity contribution in [3.63, 3.8) is 0 Å². The van der Waals surface area contributed by atoms with Crippen molar-refractivity contribution in [1.29, 1.82) is 0 Å². The largest absolute Gasteiger partial charge is 0.416 e. The molecule has 106 valence electrons. The fraction of sp³-hybridized carbons (Fsp3) is 0.286. The molecule has 1 N–H and O–H groups in total. The monoisotopic (exact) mass is 281 g/mol. The number of hydrogen-bond acceptors (Lipinski definition) is 3. The highest BCUT2D eigenvalue weighted by Crippen LogP contribution is 2.35. The Labute approximate surface area is 114 Å². The molecule has 0 fully saturated rings. The molecular formula is C14H14F3N3. The van der Waals surface area contributed by atoms with Crippen LogP contribution in [0.3, 0.4) is 0 Å². The van der Waals surface area contributed by atoms with Gasteiger partial charge in [0, 0.05) is 12.4 Å². The minimum Gasteiger partial charge on any atom is -0.305 e. The topological polar surface area (TPSA) is 37.8 Å². The molecule has 0 spiro atoms. The maximum absolute atomic E-state index is 13.1. The predicted molar refractivity (Wildman–Crippen MR) is 69.0 cm³/mol. The van der Waals surface area contributed by atoms with Gasteiger partial charge >= 0.3 is 6.18 Å². The smallest absolute Gasteiger partial charge is 0.305 e. The number of nitrogens with one attached hydrogen (secondary N) is 1. The van der Waals surface area contributed by atoms with Crippen LogP contribution < -0.4 is 5.32 Å². The molecule has 0 aliphatic carbocycles. The normalized spacial score (nSPS) is 13.2. The lowest BCUT2D eigenvalue weighted by molar-refractivity contribution is -0.138. The zero-order valence-electron chi connectivity index (χ0n) is 10.9. The number of aromatic nitrogens is 2. The number of hydrogen-bond donors (Lipinski definition) is 1. The van der Waals surface area contributed by atoms with E-state index in [2.05, 4.69) is 15.3 Å². The van der Waals surface area contributed by atoms with Crippen molar-refractivity contribution in [2.45, 2.75) is 19.1 Å². The van der Waals surface area contributed by atoms with Crippen molar-refractivity contribution in [2.75, 3.05) is 6.54 Å². The second-order valence-corrected chi connectivity index (χ2v) is 4.21. The average molecular weight is 281 g/mol. The average Bonchev–Trinajstić information content (AvgIpc) is 2.45. The molecule has 0 saturated carbocycles. The molecule has 6 heteroatoms. The Kier molecular flexibility index (Phi) is 4.34. The number of halogens is 3. The highest BCUT2D eigenvalue weighted by atomic mass is 19.4. The second kappa shape index (κ2) is 6.00. The molecule has 1 aromatic heterocycles. The quantitative estimate of drug-likeness (QED) is 0.935. The summed E-state index contributed by atoms with van der Waals surface area (Å²) in [7, 11) is 0. The Bertz CT molecular complexity index is 555. The van der Waals surface area contributed by atoms with Crippen molar-refractivity contribution < 1.29 is 13.2 Å². The molecular weight excluding hydrogens is 267 g/mol. The molecule has 2 rings (SSSR count). The summed E-state index contributed by atoms with van der Waals surface area (Å²) in [6.45, 7) is 2.35. The molecule has 0 bridgehead atoms. The van der Waals surface area contributed by atoms with Gasteiger partial charge in [0.05, 0.1) is 23.5 Å².